The molecule has 0 saturated heterocycles. The Labute approximate surface area is 130 Å². The molecule has 0 heterocycles. The third-order valence-corrected chi connectivity index (χ3v) is 3.40. The van der Waals surface area contributed by atoms with E-state index in [1.807, 2.05) is 49.5 Å². The Balaban J connectivity index is 2.38. The second kappa shape index (κ2) is 8.03. The van der Waals surface area contributed by atoms with Crippen molar-refractivity contribution in [1.29, 1.82) is 0 Å². The van der Waals surface area contributed by atoms with Gasteiger partial charge in [0.25, 0.3) is 0 Å². The summed E-state index contributed by atoms with van der Waals surface area (Å²) in [5, 5.41) is 3.90. The van der Waals surface area contributed by atoms with Crippen molar-refractivity contribution in [3.63, 3.8) is 0 Å². The Morgan fingerprint density at radius 3 is 2.62 bits per heavy atom. The van der Waals surface area contributed by atoms with Crippen LogP contribution in [0.2, 0.25) is 5.02 Å². The molecule has 0 spiro atoms. The van der Waals surface area contributed by atoms with Gasteiger partial charge >= 0.3 is 0 Å². The summed E-state index contributed by atoms with van der Waals surface area (Å²) in [6.45, 7) is 1.86. The molecule has 0 radical (unpaired) electrons. The molecule has 21 heavy (non-hydrogen) atoms. The van der Waals surface area contributed by atoms with Gasteiger partial charge in [0, 0.05) is 24.2 Å². The molecular weight excluding hydrogens is 286 g/mol. The summed E-state index contributed by atoms with van der Waals surface area (Å²) in [6, 6.07) is 13.9. The van der Waals surface area contributed by atoms with Gasteiger partial charge in [-0.15, -0.1) is 0 Å². The second-order valence-electron chi connectivity index (χ2n) is 4.67. The number of ether oxygens (including phenoxy) is 2. The highest BCUT2D eigenvalue weighted by Gasteiger charge is 2.11. The van der Waals surface area contributed by atoms with Crippen LogP contribution in [-0.4, -0.2) is 27.4 Å². The van der Waals surface area contributed by atoms with Gasteiger partial charge in [0.2, 0.25) is 0 Å². The van der Waals surface area contributed by atoms with Crippen molar-refractivity contribution in [2.45, 2.75) is 6.54 Å². The highest BCUT2D eigenvalue weighted by atomic mass is 35.5. The minimum absolute atomic E-state index is 0.523. The Morgan fingerprint density at radius 2 is 1.86 bits per heavy atom. The normalized spacial score (nSPS) is 10.6. The Hall–Kier alpha value is -1.55. The quantitative estimate of drug-likeness (QED) is 0.790. The number of methoxy groups -OCH3 is 1. The van der Waals surface area contributed by atoms with E-state index in [0.29, 0.717) is 13.2 Å². The Bertz CT molecular complexity index is 587. The summed E-state index contributed by atoms with van der Waals surface area (Å²) in [7, 11) is 3.59. The lowest BCUT2D eigenvalue weighted by molar-refractivity contribution is 0.146. The molecule has 2 rings (SSSR count). The first-order chi connectivity index (χ1) is 10.3. The van der Waals surface area contributed by atoms with Crippen molar-refractivity contribution in [3.05, 3.63) is 53.1 Å². The maximum Gasteiger partial charge on any atom is 0.127 e. The molecule has 2 aromatic carbocycles. The number of halogens is 1. The third kappa shape index (κ3) is 4.21. The lowest BCUT2D eigenvalue weighted by Crippen LogP contribution is -2.08. The predicted molar refractivity (Wildman–Crippen MR) is 87.0 cm³/mol. The summed E-state index contributed by atoms with van der Waals surface area (Å²) >= 11 is 6.16. The lowest BCUT2D eigenvalue weighted by Gasteiger charge is -2.15. The van der Waals surface area contributed by atoms with E-state index >= 15 is 0 Å². The van der Waals surface area contributed by atoms with E-state index < -0.39 is 0 Å². The standard InChI is InChI=1S/C17H20ClNO2/c1-19-12-13-7-8-14(18)11-16(13)15-5-3-4-6-17(15)21-10-9-20-2/h3-8,11,19H,9-10,12H2,1-2H3. The maximum absolute atomic E-state index is 6.16. The summed E-state index contributed by atoms with van der Waals surface area (Å²) in [5.74, 6) is 0.842. The van der Waals surface area contributed by atoms with Gasteiger partial charge in [-0.05, 0) is 36.4 Å². The van der Waals surface area contributed by atoms with E-state index in [1.54, 1.807) is 7.11 Å². The van der Waals surface area contributed by atoms with Crippen LogP contribution in [0.5, 0.6) is 5.75 Å². The molecule has 0 atom stereocenters. The zero-order chi connectivity index (χ0) is 15.1. The first-order valence-corrected chi connectivity index (χ1v) is 7.28. The SMILES string of the molecule is CNCc1ccc(Cl)cc1-c1ccccc1OCCOC. The zero-order valence-corrected chi connectivity index (χ0v) is 13.1. The molecule has 0 amide bonds. The summed E-state index contributed by atoms with van der Waals surface area (Å²) in [4.78, 5) is 0. The van der Waals surface area contributed by atoms with Crippen LogP contribution >= 0.6 is 11.6 Å². The van der Waals surface area contributed by atoms with Crippen molar-refractivity contribution < 1.29 is 9.47 Å². The molecule has 0 unspecified atom stereocenters. The first-order valence-electron chi connectivity index (χ1n) is 6.90. The number of rotatable bonds is 7. The van der Waals surface area contributed by atoms with Crippen LogP contribution in [-0.2, 0) is 11.3 Å². The minimum Gasteiger partial charge on any atom is -0.491 e. The van der Waals surface area contributed by atoms with Crippen LogP contribution in [0.25, 0.3) is 11.1 Å². The van der Waals surface area contributed by atoms with E-state index in [4.69, 9.17) is 21.1 Å². The summed E-state index contributed by atoms with van der Waals surface area (Å²) in [6.07, 6.45) is 0. The van der Waals surface area contributed by atoms with Crippen molar-refractivity contribution in [1.82, 2.24) is 5.32 Å². The molecule has 3 nitrogen and oxygen atoms in total. The first kappa shape index (κ1) is 15.8. The summed E-state index contributed by atoms with van der Waals surface area (Å²) in [5.41, 5.74) is 3.32. The van der Waals surface area contributed by atoms with Gasteiger partial charge in [0.15, 0.2) is 0 Å². The van der Waals surface area contributed by atoms with Gasteiger partial charge in [-0.25, -0.2) is 0 Å². The van der Waals surface area contributed by atoms with E-state index in [2.05, 4.69) is 5.32 Å². The Kier molecular flexibility index (Phi) is 6.05. The largest absolute Gasteiger partial charge is 0.491 e. The van der Waals surface area contributed by atoms with E-state index in [0.717, 1.165) is 28.4 Å². The number of para-hydroxylation sites is 1. The molecular formula is C17H20ClNO2. The van der Waals surface area contributed by atoms with Gasteiger partial charge in [-0.3, -0.25) is 0 Å². The topological polar surface area (TPSA) is 30.5 Å². The third-order valence-electron chi connectivity index (χ3n) is 3.16. The minimum atomic E-state index is 0.523. The highest BCUT2D eigenvalue weighted by molar-refractivity contribution is 6.30. The van der Waals surface area contributed by atoms with Gasteiger partial charge < -0.3 is 14.8 Å². The van der Waals surface area contributed by atoms with Crippen LogP contribution < -0.4 is 10.1 Å². The highest BCUT2D eigenvalue weighted by Crippen LogP contribution is 2.34. The molecule has 0 aliphatic carbocycles. The van der Waals surface area contributed by atoms with Crippen molar-refractivity contribution in [3.8, 4) is 16.9 Å². The van der Waals surface area contributed by atoms with Gasteiger partial charge in [-0.1, -0.05) is 35.9 Å². The average molecular weight is 306 g/mol. The average Bonchev–Trinajstić information content (AvgIpc) is 2.50. The molecule has 1 N–H and O–H groups in total. The van der Waals surface area contributed by atoms with Crippen LogP contribution in [0, 0.1) is 0 Å². The molecule has 0 bridgehead atoms. The molecule has 0 aliphatic rings. The fourth-order valence-electron chi connectivity index (χ4n) is 2.19. The smallest absolute Gasteiger partial charge is 0.127 e. The number of nitrogens with one attached hydrogen (secondary N) is 1. The predicted octanol–water partition coefficient (Wildman–Crippen LogP) is 3.75. The number of benzene rings is 2. The molecule has 0 aromatic heterocycles. The van der Waals surface area contributed by atoms with Crippen LogP contribution in [0.3, 0.4) is 0 Å². The van der Waals surface area contributed by atoms with E-state index in [1.165, 1.54) is 5.56 Å². The Morgan fingerprint density at radius 1 is 1.05 bits per heavy atom. The molecule has 4 heteroatoms. The maximum atomic E-state index is 6.16. The van der Waals surface area contributed by atoms with Gasteiger partial charge in [0.1, 0.15) is 12.4 Å². The monoisotopic (exact) mass is 305 g/mol. The van der Waals surface area contributed by atoms with Crippen LogP contribution in [0.4, 0.5) is 0 Å². The molecule has 0 aliphatic heterocycles. The number of hydrogen-bond acceptors (Lipinski definition) is 3. The van der Waals surface area contributed by atoms with Crippen LogP contribution in [0.1, 0.15) is 5.56 Å². The fraction of sp³-hybridized carbons (Fsp3) is 0.294. The lowest BCUT2D eigenvalue weighted by atomic mass is 9.99. The molecule has 0 fully saturated rings. The summed E-state index contributed by atoms with van der Waals surface area (Å²) < 4.78 is 10.9. The van der Waals surface area contributed by atoms with E-state index in [-0.39, 0.29) is 0 Å². The van der Waals surface area contributed by atoms with Crippen molar-refractivity contribution >= 4 is 11.6 Å². The van der Waals surface area contributed by atoms with Crippen molar-refractivity contribution in [2.24, 2.45) is 0 Å². The van der Waals surface area contributed by atoms with Gasteiger partial charge in [0.05, 0.1) is 6.61 Å². The van der Waals surface area contributed by atoms with Gasteiger partial charge in [-0.2, -0.15) is 0 Å². The fourth-order valence-corrected chi connectivity index (χ4v) is 2.37. The van der Waals surface area contributed by atoms with Crippen molar-refractivity contribution in [2.75, 3.05) is 27.4 Å². The molecule has 0 saturated carbocycles. The van der Waals surface area contributed by atoms with E-state index in [9.17, 15) is 0 Å². The second-order valence-corrected chi connectivity index (χ2v) is 5.11. The zero-order valence-electron chi connectivity index (χ0n) is 12.4. The molecule has 2 aromatic rings. The number of hydrogen-bond donors (Lipinski definition) is 1. The van der Waals surface area contributed by atoms with Crippen LogP contribution in [0.15, 0.2) is 42.5 Å². The molecule has 112 valence electrons.